The number of thiophene rings is 1. The summed E-state index contributed by atoms with van der Waals surface area (Å²) in [5, 5.41) is 14.8. The Morgan fingerprint density at radius 3 is 2.72 bits per heavy atom. The van der Waals surface area contributed by atoms with E-state index in [9.17, 15) is 4.39 Å². The molecule has 0 aliphatic carbocycles. The van der Waals surface area contributed by atoms with Gasteiger partial charge in [-0.25, -0.2) is 9.07 Å². The van der Waals surface area contributed by atoms with Crippen LogP contribution in [-0.4, -0.2) is 46.4 Å². The fourth-order valence-electron chi connectivity index (χ4n) is 4.14. The van der Waals surface area contributed by atoms with E-state index in [1.165, 1.54) is 15.8 Å². The summed E-state index contributed by atoms with van der Waals surface area (Å²) in [4.78, 5) is 4.91. The maximum atomic E-state index is 14.2. The van der Waals surface area contributed by atoms with Gasteiger partial charge >= 0.3 is 0 Å². The molecular weight excluding hydrogens is 387 g/mol. The number of unbranched alkanes of at least 4 members (excludes halogenated alkanes) is 1. The van der Waals surface area contributed by atoms with Gasteiger partial charge in [-0.15, -0.1) is 16.4 Å². The van der Waals surface area contributed by atoms with Crippen LogP contribution in [0.4, 0.5) is 10.1 Å². The monoisotopic (exact) mass is 415 g/mol. The molecule has 1 aliphatic heterocycles. The first-order valence-electron chi connectivity index (χ1n) is 10.4. The van der Waals surface area contributed by atoms with Crippen molar-refractivity contribution in [3.63, 3.8) is 0 Å². The zero-order valence-corrected chi connectivity index (χ0v) is 17.6. The minimum atomic E-state index is -0.140. The number of halogens is 1. The van der Waals surface area contributed by atoms with Crippen molar-refractivity contribution in [2.75, 3.05) is 31.1 Å². The molecule has 0 bridgehead atoms. The largest absolute Gasteiger partial charge is 0.358 e. The lowest BCUT2D eigenvalue weighted by Gasteiger charge is -2.37. The van der Waals surface area contributed by atoms with Crippen LogP contribution in [0, 0.1) is 5.82 Å². The predicted octanol–water partition coefficient (Wildman–Crippen LogP) is 2.56. The van der Waals surface area contributed by atoms with Gasteiger partial charge < -0.3 is 9.80 Å². The van der Waals surface area contributed by atoms with E-state index in [4.69, 9.17) is 0 Å². The molecule has 1 aromatic carbocycles. The number of anilines is 1. The fourth-order valence-corrected chi connectivity index (χ4v) is 4.83. The molecule has 6 nitrogen and oxygen atoms in total. The molecule has 4 rings (SSSR count). The van der Waals surface area contributed by atoms with Gasteiger partial charge in [-0.2, -0.15) is 0 Å². The number of nitrogens with zero attached hydrogens (tertiary/aromatic N) is 5. The highest BCUT2D eigenvalue weighted by molar-refractivity contribution is 7.09. The molecule has 154 valence electrons. The number of hydrogen-bond donors (Lipinski definition) is 1. The number of quaternary nitrogens is 1. The molecule has 1 saturated heterocycles. The Labute approximate surface area is 174 Å². The third-order valence-corrected chi connectivity index (χ3v) is 6.56. The topological polar surface area (TPSA) is 51.3 Å². The predicted molar refractivity (Wildman–Crippen MR) is 113 cm³/mol. The molecule has 8 heteroatoms. The standard InChI is InChI=1S/C21H27FN6S/c1-2-3-9-20(21-23-24-25-28(21)16-17-7-6-15-29-17)27-13-11-26(12-14-27)19-10-5-4-8-18(19)22/h4-8,10,15,20H,2-3,9,11-14,16H2,1H3/p+1/t20-/m1/s1. The second-order valence-corrected chi connectivity index (χ2v) is 8.60. The zero-order valence-electron chi connectivity index (χ0n) is 16.8. The van der Waals surface area contributed by atoms with Crippen molar-refractivity contribution >= 4 is 17.0 Å². The molecule has 0 unspecified atom stereocenters. The van der Waals surface area contributed by atoms with Crippen LogP contribution in [0.5, 0.6) is 0 Å². The smallest absolute Gasteiger partial charge is 0.209 e. The van der Waals surface area contributed by atoms with Crippen LogP contribution in [-0.2, 0) is 6.54 Å². The van der Waals surface area contributed by atoms with E-state index in [0.29, 0.717) is 5.69 Å². The highest BCUT2D eigenvalue weighted by Gasteiger charge is 2.32. The van der Waals surface area contributed by atoms with Gasteiger partial charge in [-0.3, -0.25) is 0 Å². The van der Waals surface area contributed by atoms with Crippen molar-refractivity contribution in [3.05, 3.63) is 58.3 Å². The van der Waals surface area contributed by atoms with Gasteiger partial charge in [0.1, 0.15) is 11.9 Å². The second kappa shape index (κ2) is 9.45. The quantitative estimate of drug-likeness (QED) is 0.614. The van der Waals surface area contributed by atoms with E-state index in [0.717, 1.165) is 57.8 Å². The highest BCUT2D eigenvalue weighted by Crippen LogP contribution is 2.20. The van der Waals surface area contributed by atoms with E-state index < -0.39 is 0 Å². The van der Waals surface area contributed by atoms with Gasteiger partial charge in [0, 0.05) is 11.3 Å². The molecule has 0 amide bonds. The Morgan fingerprint density at radius 2 is 2.00 bits per heavy atom. The molecule has 0 saturated carbocycles. The number of benzene rings is 1. The molecular formula is C21H28FN6S+. The van der Waals surface area contributed by atoms with Gasteiger partial charge in [-0.1, -0.05) is 31.5 Å². The first-order chi connectivity index (χ1) is 14.3. The molecule has 3 heterocycles. The maximum Gasteiger partial charge on any atom is 0.209 e. The summed E-state index contributed by atoms with van der Waals surface area (Å²) < 4.78 is 16.1. The van der Waals surface area contributed by atoms with E-state index in [2.05, 4.69) is 44.9 Å². The number of tetrazole rings is 1. The van der Waals surface area contributed by atoms with Crippen LogP contribution in [0.1, 0.15) is 42.9 Å². The van der Waals surface area contributed by atoms with Gasteiger partial charge in [-0.05, 0) is 40.4 Å². The normalized spacial score (nSPS) is 16.3. The van der Waals surface area contributed by atoms with Crippen LogP contribution in [0.25, 0.3) is 0 Å². The zero-order chi connectivity index (χ0) is 20.1. The third-order valence-electron chi connectivity index (χ3n) is 5.69. The summed E-state index contributed by atoms with van der Waals surface area (Å²) in [5.41, 5.74) is 0.708. The van der Waals surface area contributed by atoms with Crippen molar-refractivity contribution < 1.29 is 9.29 Å². The molecule has 29 heavy (non-hydrogen) atoms. The number of aromatic nitrogens is 4. The van der Waals surface area contributed by atoms with Crippen molar-refractivity contribution in [3.8, 4) is 0 Å². The van der Waals surface area contributed by atoms with Gasteiger partial charge in [0.15, 0.2) is 0 Å². The number of hydrogen-bond acceptors (Lipinski definition) is 5. The minimum Gasteiger partial charge on any atom is -0.358 e. The lowest BCUT2D eigenvalue weighted by Crippen LogP contribution is -3.15. The van der Waals surface area contributed by atoms with Crippen LogP contribution < -0.4 is 9.80 Å². The first kappa shape index (κ1) is 20.0. The Kier molecular flexibility index (Phi) is 6.51. The average molecular weight is 416 g/mol. The molecule has 0 radical (unpaired) electrons. The van der Waals surface area contributed by atoms with Gasteiger partial charge in [0.05, 0.1) is 38.4 Å². The summed E-state index contributed by atoms with van der Waals surface area (Å²) >= 11 is 1.73. The van der Waals surface area contributed by atoms with Crippen LogP contribution in [0.2, 0.25) is 0 Å². The average Bonchev–Trinajstić information content (AvgIpc) is 3.42. The Balaban J connectivity index is 1.48. The first-order valence-corrected chi connectivity index (χ1v) is 11.3. The second-order valence-electron chi connectivity index (χ2n) is 7.57. The van der Waals surface area contributed by atoms with E-state index in [1.807, 2.05) is 16.8 Å². The van der Waals surface area contributed by atoms with Crippen molar-refractivity contribution in [2.24, 2.45) is 0 Å². The molecule has 1 aliphatic rings. The summed E-state index contributed by atoms with van der Waals surface area (Å²) in [6.07, 6.45) is 3.37. The summed E-state index contributed by atoms with van der Waals surface area (Å²) in [6.45, 7) is 6.52. The van der Waals surface area contributed by atoms with E-state index in [-0.39, 0.29) is 11.9 Å². The molecule has 2 aromatic heterocycles. The summed E-state index contributed by atoms with van der Waals surface area (Å²) in [5.74, 6) is 0.833. The van der Waals surface area contributed by atoms with Crippen molar-refractivity contribution in [2.45, 2.75) is 38.8 Å². The Morgan fingerprint density at radius 1 is 1.17 bits per heavy atom. The lowest BCUT2D eigenvalue weighted by molar-refractivity contribution is -0.933. The third kappa shape index (κ3) is 4.64. The molecule has 1 N–H and O–H groups in total. The number of nitrogens with one attached hydrogen (secondary N) is 1. The van der Waals surface area contributed by atoms with E-state index in [1.54, 1.807) is 17.4 Å². The van der Waals surface area contributed by atoms with Crippen LogP contribution in [0.15, 0.2) is 41.8 Å². The van der Waals surface area contributed by atoms with Crippen molar-refractivity contribution in [1.29, 1.82) is 0 Å². The molecule has 3 aromatic rings. The SMILES string of the molecule is CCCC[C@H](c1nnnn1Cc1cccs1)[NH+]1CCN(c2ccccc2F)CC1. The summed E-state index contributed by atoms with van der Waals surface area (Å²) in [6, 6.07) is 11.5. The Hall–Kier alpha value is -2.32. The van der Waals surface area contributed by atoms with Crippen LogP contribution in [0.3, 0.4) is 0 Å². The minimum absolute atomic E-state index is 0.140. The number of para-hydroxylation sites is 1. The molecule has 0 spiro atoms. The summed E-state index contributed by atoms with van der Waals surface area (Å²) in [7, 11) is 0. The Bertz CT molecular complexity index is 888. The van der Waals surface area contributed by atoms with Crippen molar-refractivity contribution in [1.82, 2.24) is 20.2 Å². The van der Waals surface area contributed by atoms with Crippen LogP contribution >= 0.6 is 11.3 Å². The van der Waals surface area contributed by atoms with Gasteiger partial charge in [0.25, 0.3) is 0 Å². The maximum absolute atomic E-state index is 14.2. The van der Waals surface area contributed by atoms with Gasteiger partial charge in [0.2, 0.25) is 5.82 Å². The highest BCUT2D eigenvalue weighted by atomic mass is 32.1. The van der Waals surface area contributed by atoms with E-state index >= 15 is 0 Å². The molecule has 1 fully saturated rings. The number of piperazine rings is 1. The number of rotatable bonds is 8. The lowest BCUT2D eigenvalue weighted by atomic mass is 10.1. The molecule has 1 atom stereocenters. The fraction of sp³-hybridized carbons (Fsp3) is 0.476.